The van der Waals surface area contributed by atoms with Gasteiger partial charge in [0.05, 0.1) is 0 Å². The molecule has 0 unspecified atom stereocenters. The van der Waals surface area contributed by atoms with Crippen LogP contribution in [-0.4, -0.2) is 0 Å². The molecule has 74 valence electrons. The van der Waals surface area contributed by atoms with Crippen molar-refractivity contribution in [1.29, 1.82) is 0 Å². The van der Waals surface area contributed by atoms with Crippen molar-refractivity contribution in [3.05, 3.63) is 36.0 Å². The maximum absolute atomic E-state index is 3.98. The first-order valence-corrected chi connectivity index (χ1v) is 5.35. The summed E-state index contributed by atoms with van der Waals surface area (Å²) in [6.07, 6.45) is 11.9. The van der Waals surface area contributed by atoms with Gasteiger partial charge >= 0.3 is 0 Å². The first kappa shape index (κ1) is 10.9. The average molecular weight is 186 g/mol. The molecule has 0 saturated heterocycles. The Balaban J connectivity index is 2.18. The second-order valence-electron chi connectivity index (χ2n) is 3.46. The zero-order valence-electron chi connectivity index (χ0n) is 8.97. The molecule has 0 N–H and O–H groups in total. The van der Waals surface area contributed by atoms with Crippen molar-refractivity contribution in [2.75, 3.05) is 0 Å². The number of hydrogen-bond acceptors (Lipinski definition) is 0. The number of hydrogen-bond donors (Lipinski definition) is 0. The van der Waals surface area contributed by atoms with Crippen LogP contribution in [0.5, 0.6) is 0 Å². The van der Waals surface area contributed by atoms with Crippen LogP contribution in [0, 0.1) is 11.8 Å². The van der Waals surface area contributed by atoms with E-state index in [1.54, 1.807) is 0 Å². The Morgan fingerprint density at radius 2 is 2.36 bits per heavy atom. The molecule has 1 rings (SSSR count). The Kier molecular flexibility index (Phi) is 4.86. The second-order valence-corrected chi connectivity index (χ2v) is 3.46. The minimum absolute atomic E-state index is 0.974. The third-order valence-electron chi connectivity index (χ3n) is 2.27. The molecule has 0 fully saturated rings. The summed E-state index contributed by atoms with van der Waals surface area (Å²) in [5.41, 5.74) is 2.58. The number of allylic oxidation sites excluding steroid dienone is 5. The van der Waals surface area contributed by atoms with Gasteiger partial charge in [-0.3, -0.25) is 0 Å². The van der Waals surface area contributed by atoms with Crippen LogP contribution in [0.3, 0.4) is 0 Å². The fourth-order valence-electron chi connectivity index (χ4n) is 1.46. The van der Waals surface area contributed by atoms with Crippen LogP contribution < -0.4 is 0 Å². The Morgan fingerprint density at radius 1 is 1.50 bits per heavy atom. The smallest absolute Gasteiger partial charge is 0.00916 e. The van der Waals surface area contributed by atoms with E-state index in [0.29, 0.717) is 0 Å². The van der Waals surface area contributed by atoms with Gasteiger partial charge in [0.1, 0.15) is 0 Å². The van der Waals surface area contributed by atoms with Gasteiger partial charge in [-0.05, 0) is 30.4 Å². The van der Waals surface area contributed by atoms with Crippen LogP contribution >= 0.6 is 0 Å². The molecule has 0 aromatic carbocycles. The van der Waals surface area contributed by atoms with Crippen LogP contribution in [0.1, 0.15) is 39.0 Å². The van der Waals surface area contributed by atoms with E-state index >= 15 is 0 Å². The number of unbranched alkanes of at least 4 members (excludes halogenated alkanes) is 2. The lowest BCUT2D eigenvalue weighted by atomic mass is 10.1. The van der Waals surface area contributed by atoms with E-state index in [9.17, 15) is 0 Å². The van der Waals surface area contributed by atoms with Crippen molar-refractivity contribution in [2.24, 2.45) is 0 Å². The summed E-state index contributed by atoms with van der Waals surface area (Å²) in [7, 11) is 0. The minimum Gasteiger partial charge on any atom is -0.104 e. The summed E-state index contributed by atoms with van der Waals surface area (Å²) >= 11 is 0. The number of rotatable bonds is 3. The van der Waals surface area contributed by atoms with E-state index in [2.05, 4.69) is 43.6 Å². The Hall–Kier alpha value is -1.22. The molecule has 1 aliphatic rings. The van der Waals surface area contributed by atoms with E-state index in [1.807, 2.05) is 0 Å². The fraction of sp³-hybridized carbons (Fsp3) is 0.429. The normalized spacial score (nSPS) is 17.2. The van der Waals surface area contributed by atoms with Crippen molar-refractivity contribution in [3.63, 3.8) is 0 Å². The second kappa shape index (κ2) is 6.27. The summed E-state index contributed by atoms with van der Waals surface area (Å²) in [6.45, 7) is 6.07. The molecule has 0 aromatic rings. The quantitative estimate of drug-likeness (QED) is 0.461. The molecule has 0 bridgehead atoms. The first-order chi connectivity index (χ1) is 6.84. The van der Waals surface area contributed by atoms with Crippen molar-refractivity contribution in [2.45, 2.75) is 39.0 Å². The molecule has 0 saturated carbocycles. The fourth-order valence-corrected chi connectivity index (χ4v) is 1.46. The van der Waals surface area contributed by atoms with Gasteiger partial charge in [0.15, 0.2) is 0 Å². The highest BCUT2D eigenvalue weighted by atomic mass is 14.1. The predicted molar refractivity (Wildman–Crippen MR) is 62.9 cm³/mol. The maximum atomic E-state index is 3.98. The third kappa shape index (κ3) is 3.66. The first-order valence-electron chi connectivity index (χ1n) is 5.35. The van der Waals surface area contributed by atoms with Crippen LogP contribution in [0.25, 0.3) is 0 Å². The topological polar surface area (TPSA) is 0 Å². The van der Waals surface area contributed by atoms with Gasteiger partial charge in [-0.2, -0.15) is 0 Å². The standard InChI is InChI=1S/C14H18/c1-3-4-5-6-7-8-11-14-12-9-10-13(14)2/h9-11H,2-3,6-8,12H2,1H3/b14-11+. The van der Waals surface area contributed by atoms with Gasteiger partial charge in [-0.25, -0.2) is 0 Å². The largest absolute Gasteiger partial charge is 0.104 e. The van der Waals surface area contributed by atoms with E-state index in [-0.39, 0.29) is 0 Å². The molecule has 0 heterocycles. The summed E-state index contributed by atoms with van der Waals surface area (Å²) in [5.74, 6) is 6.24. The molecule has 0 radical (unpaired) electrons. The van der Waals surface area contributed by atoms with Crippen LogP contribution in [0.15, 0.2) is 36.0 Å². The predicted octanol–water partition coefficient (Wildman–Crippen LogP) is 4.01. The van der Waals surface area contributed by atoms with E-state index < -0.39 is 0 Å². The van der Waals surface area contributed by atoms with Gasteiger partial charge in [-0.15, -0.1) is 11.8 Å². The molecular weight excluding hydrogens is 168 g/mol. The molecular formula is C14H18. The lowest BCUT2D eigenvalue weighted by Gasteiger charge is -1.97. The van der Waals surface area contributed by atoms with Crippen molar-refractivity contribution in [1.82, 2.24) is 0 Å². The summed E-state index contributed by atoms with van der Waals surface area (Å²) in [5, 5.41) is 0. The van der Waals surface area contributed by atoms with Gasteiger partial charge in [0.25, 0.3) is 0 Å². The molecule has 0 atom stereocenters. The SMILES string of the molecule is C=C1C=CC/C1=C\CCCC#CCC. The molecule has 14 heavy (non-hydrogen) atoms. The zero-order valence-corrected chi connectivity index (χ0v) is 8.97. The Morgan fingerprint density at radius 3 is 3.00 bits per heavy atom. The van der Waals surface area contributed by atoms with Crippen LogP contribution in [0.4, 0.5) is 0 Å². The molecule has 0 aliphatic heterocycles. The molecule has 0 spiro atoms. The monoisotopic (exact) mass is 186 g/mol. The van der Waals surface area contributed by atoms with E-state index in [1.165, 1.54) is 17.6 Å². The Bertz CT molecular complexity index is 305. The summed E-state index contributed by atoms with van der Waals surface area (Å²) in [4.78, 5) is 0. The highest BCUT2D eigenvalue weighted by Gasteiger charge is 2.02. The summed E-state index contributed by atoms with van der Waals surface area (Å²) in [6, 6.07) is 0. The van der Waals surface area contributed by atoms with Crippen LogP contribution in [0.2, 0.25) is 0 Å². The summed E-state index contributed by atoms with van der Waals surface area (Å²) < 4.78 is 0. The lowest BCUT2D eigenvalue weighted by Crippen LogP contribution is -1.78. The van der Waals surface area contributed by atoms with Crippen molar-refractivity contribution >= 4 is 0 Å². The van der Waals surface area contributed by atoms with E-state index in [4.69, 9.17) is 0 Å². The Labute approximate surface area is 87.4 Å². The third-order valence-corrected chi connectivity index (χ3v) is 2.27. The maximum Gasteiger partial charge on any atom is 0.00916 e. The van der Waals surface area contributed by atoms with Crippen molar-refractivity contribution in [3.8, 4) is 11.8 Å². The average Bonchev–Trinajstić information content (AvgIpc) is 2.58. The highest BCUT2D eigenvalue weighted by molar-refractivity contribution is 5.44. The highest BCUT2D eigenvalue weighted by Crippen LogP contribution is 2.22. The molecule has 0 heteroatoms. The van der Waals surface area contributed by atoms with Crippen LogP contribution in [-0.2, 0) is 0 Å². The minimum atomic E-state index is 0.974. The van der Waals surface area contributed by atoms with Gasteiger partial charge in [0.2, 0.25) is 0 Å². The molecule has 0 aromatic heterocycles. The van der Waals surface area contributed by atoms with Gasteiger partial charge < -0.3 is 0 Å². The lowest BCUT2D eigenvalue weighted by molar-refractivity contribution is 0.878. The molecule has 0 nitrogen and oxygen atoms in total. The molecule has 0 amide bonds. The molecule has 1 aliphatic carbocycles. The van der Waals surface area contributed by atoms with Crippen molar-refractivity contribution < 1.29 is 0 Å². The zero-order chi connectivity index (χ0) is 10.2. The van der Waals surface area contributed by atoms with Gasteiger partial charge in [0, 0.05) is 12.8 Å². The van der Waals surface area contributed by atoms with Gasteiger partial charge in [-0.1, -0.05) is 31.7 Å². The van der Waals surface area contributed by atoms with E-state index in [0.717, 1.165) is 25.7 Å².